The number of unbranched alkanes of at least 4 members (excludes halogenated alkanes) is 1. The summed E-state index contributed by atoms with van der Waals surface area (Å²) in [7, 11) is 1.73. The SMILES string of the molecule is CCCCn1c(=NC)c(C=O)nc2cc(C)c([N+](CC)(CC)CC)cc21. The molecule has 0 aliphatic heterocycles. The number of quaternary nitrogens is 1. The minimum atomic E-state index is 0.422. The van der Waals surface area contributed by atoms with Gasteiger partial charge in [-0.1, -0.05) is 13.3 Å². The number of carbonyl (C=O) groups is 1. The highest BCUT2D eigenvalue weighted by molar-refractivity contribution is 5.84. The van der Waals surface area contributed by atoms with Gasteiger partial charge >= 0.3 is 0 Å². The topological polar surface area (TPSA) is 47.2 Å². The highest BCUT2D eigenvalue weighted by Gasteiger charge is 2.27. The number of aryl methyl sites for hydroxylation is 2. The summed E-state index contributed by atoms with van der Waals surface area (Å²) >= 11 is 0. The lowest BCUT2D eigenvalue weighted by Crippen LogP contribution is -2.49. The molecule has 0 fully saturated rings. The van der Waals surface area contributed by atoms with Crippen LogP contribution in [-0.4, -0.2) is 42.5 Å². The van der Waals surface area contributed by atoms with Gasteiger partial charge in [-0.05, 0) is 40.2 Å². The number of benzene rings is 1. The summed E-state index contributed by atoms with van der Waals surface area (Å²) in [5.74, 6) is 0. The molecule has 0 saturated heterocycles. The first-order chi connectivity index (χ1) is 12.5. The first kappa shape index (κ1) is 20.3. The number of rotatable bonds is 8. The normalized spacial score (nSPS) is 12.8. The molecule has 0 bridgehead atoms. The number of hydrogen-bond acceptors (Lipinski definition) is 3. The highest BCUT2D eigenvalue weighted by Crippen LogP contribution is 2.30. The van der Waals surface area contributed by atoms with Crippen molar-refractivity contribution in [1.29, 1.82) is 0 Å². The molecule has 0 amide bonds. The van der Waals surface area contributed by atoms with E-state index in [1.165, 1.54) is 11.3 Å². The van der Waals surface area contributed by atoms with Gasteiger partial charge < -0.3 is 4.57 Å². The van der Waals surface area contributed by atoms with Crippen molar-refractivity contribution < 1.29 is 4.79 Å². The monoisotopic (exact) mass is 357 g/mol. The minimum Gasteiger partial charge on any atom is -0.323 e. The van der Waals surface area contributed by atoms with Crippen LogP contribution in [0.4, 0.5) is 5.69 Å². The molecule has 2 aromatic rings. The maximum Gasteiger partial charge on any atom is 0.172 e. The van der Waals surface area contributed by atoms with E-state index in [1.54, 1.807) is 7.05 Å². The first-order valence-corrected chi connectivity index (χ1v) is 9.81. The average molecular weight is 358 g/mol. The van der Waals surface area contributed by atoms with Crippen LogP contribution in [0, 0.1) is 6.92 Å². The summed E-state index contributed by atoms with van der Waals surface area (Å²) in [6.07, 6.45) is 2.95. The van der Waals surface area contributed by atoms with E-state index in [4.69, 9.17) is 0 Å². The van der Waals surface area contributed by atoms with Crippen molar-refractivity contribution in [1.82, 2.24) is 14.0 Å². The van der Waals surface area contributed by atoms with E-state index >= 15 is 0 Å². The summed E-state index contributed by atoms with van der Waals surface area (Å²) in [5, 5.41) is 0. The molecular formula is C21H33N4O+. The van der Waals surface area contributed by atoms with Gasteiger partial charge in [-0.15, -0.1) is 0 Å². The summed E-state index contributed by atoms with van der Waals surface area (Å²) < 4.78 is 3.12. The van der Waals surface area contributed by atoms with E-state index < -0.39 is 0 Å². The number of carbonyl (C=O) groups excluding carboxylic acids is 1. The maximum absolute atomic E-state index is 11.6. The minimum absolute atomic E-state index is 0.422. The van der Waals surface area contributed by atoms with Crippen molar-refractivity contribution in [2.75, 3.05) is 26.7 Å². The molecule has 1 heterocycles. The Morgan fingerprint density at radius 1 is 1.15 bits per heavy atom. The number of hydrogen-bond donors (Lipinski definition) is 0. The van der Waals surface area contributed by atoms with Gasteiger partial charge in [0.15, 0.2) is 11.8 Å². The van der Waals surface area contributed by atoms with Crippen molar-refractivity contribution in [2.24, 2.45) is 4.99 Å². The molecule has 5 nitrogen and oxygen atoms in total. The van der Waals surface area contributed by atoms with Crippen LogP contribution in [0.1, 0.15) is 56.6 Å². The Kier molecular flexibility index (Phi) is 6.70. The summed E-state index contributed by atoms with van der Waals surface area (Å²) in [5.41, 5.74) is 5.62. The van der Waals surface area contributed by atoms with E-state index in [0.29, 0.717) is 11.2 Å². The van der Waals surface area contributed by atoms with Crippen LogP contribution in [0.15, 0.2) is 17.1 Å². The van der Waals surface area contributed by atoms with Crippen molar-refractivity contribution in [3.63, 3.8) is 0 Å². The fourth-order valence-corrected chi connectivity index (χ4v) is 3.96. The largest absolute Gasteiger partial charge is 0.323 e. The molecule has 0 aliphatic rings. The third-order valence-corrected chi connectivity index (χ3v) is 5.70. The Hall–Kier alpha value is -2.01. The van der Waals surface area contributed by atoms with Gasteiger partial charge in [0.25, 0.3) is 0 Å². The summed E-state index contributed by atoms with van der Waals surface area (Å²) in [6, 6.07) is 4.42. The van der Waals surface area contributed by atoms with Gasteiger partial charge in [0.2, 0.25) is 0 Å². The third kappa shape index (κ3) is 3.45. The number of aromatic nitrogens is 2. The van der Waals surface area contributed by atoms with Crippen molar-refractivity contribution in [3.05, 3.63) is 28.9 Å². The van der Waals surface area contributed by atoms with Crippen LogP contribution in [0.25, 0.3) is 11.0 Å². The molecule has 2 rings (SSSR count). The molecule has 0 spiro atoms. The quantitative estimate of drug-likeness (QED) is 0.532. The van der Waals surface area contributed by atoms with Gasteiger partial charge in [0, 0.05) is 25.2 Å². The lowest BCUT2D eigenvalue weighted by atomic mass is 10.1. The van der Waals surface area contributed by atoms with Crippen LogP contribution < -0.4 is 9.97 Å². The molecule has 0 atom stereocenters. The molecule has 0 aliphatic carbocycles. The van der Waals surface area contributed by atoms with Crippen molar-refractivity contribution >= 4 is 23.0 Å². The lowest BCUT2D eigenvalue weighted by molar-refractivity contribution is 0.111. The Labute approximate surface area is 157 Å². The number of fused-ring (bicyclic) bond motifs is 1. The predicted octanol–water partition coefficient (Wildman–Crippen LogP) is 3.85. The maximum atomic E-state index is 11.6. The van der Waals surface area contributed by atoms with Crippen LogP contribution >= 0.6 is 0 Å². The second-order valence-corrected chi connectivity index (χ2v) is 6.89. The van der Waals surface area contributed by atoms with Gasteiger partial charge in [-0.2, -0.15) is 0 Å². The second-order valence-electron chi connectivity index (χ2n) is 6.89. The standard InChI is InChI=1S/C21H33N4O/c1-7-11-12-24-19-14-20(25(8-2,9-3)10-4)16(5)13-17(19)23-18(15-26)21(24)22-6/h13-15H,7-12H2,1-6H3/q+1. The van der Waals surface area contributed by atoms with Crippen molar-refractivity contribution in [2.45, 2.75) is 54.0 Å². The van der Waals surface area contributed by atoms with Crippen LogP contribution in [0.2, 0.25) is 0 Å². The van der Waals surface area contributed by atoms with E-state index in [0.717, 1.165) is 60.8 Å². The van der Waals surface area contributed by atoms with Crippen LogP contribution in [0.5, 0.6) is 0 Å². The summed E-state index contributed by atoms with van der Waals surface area (Å²) in [4.78, 5) is 20.6. The molecular weight excluding hydrogens is 324 g/mol. The van der Waals surface area contributed by atoms with E-state index in [9.17, 15) is 4.79 Å². The third-order valence-electron chi connectivity index (χ3n) is 5.70. The summed E-state index contributed by atoms with van der Waals surface area (Å²) in [6.45, 7) is 15.1. The number of nitrogens with zero attached hydrogens (tertiary/aromatic N) is 4. The molecule has 1 aromatic heterocycles. The van der Waals surface area contributed by atoms with Crippen LogP contribution in [0.3, 0.4) is 0 Å². The van der Waals surface area contributed by atoms with Gasteiger partial charge in [0.05, 0.1) is 30.7 Å². The van der Waals surface area contributed by atoms with Gasteiger partial charge in [-0.3, -0.25) is 14.3 Å². The average Bonchev–Trinajstić information content (AvgIpc) is 2.67. The zero-order valence-electron chi connectivity index (χ0n) is 17.2. The Balaban J connectivity index is 2.90. The molecule has 5 heteroatoms. The number of aldehydes is 1. The van der Waals surface area contributed by atoms with Crippen molar-refractivity contribution in [3.8, 4) is 0 Å². The lowest BCUT2D eigenvalue weighted by Gasteiger charge is -2.36. The molecule has 0 N–H and O–H groups in total. The zero-order chi connectivity index (χ0) is 19.3. The molecule has 0 radical (unpaired) electrons. The molecule has 0 saturated carbocycles. The van der Waals surface area contributed by atoms with E-state index in [2.05, 4.69) is 61.3 Å². The Bertz CT molecular complexity index is 839. The molecule has 26 heavy (non-hydrogen) atoms. The fraction of sp³-hybridized carbons (Fsp3) is 0.571. The van der Waals surface area contributed by atoms with E-state index in [1.807, 2.05) is 0 Å². The van der Waals surface area contributed by atoms with Gasteiger partial charge in [-0.25, -0.2) is 4.98 Å². The predicted molar refractivity (Wildman–Crippen MR) is 110 cm³/mol. The van der Waals surface area contributed by atoms with Crippen LogP contribution in [-0.2, 0) is 6.54 Å². The zero-order valence-corrected chi connectivity index (χ0v) is 17.2. The molecule has 1 aromatic carbocycles. The smallest absolute Gasteiger partial charge is 0.172 e. The Morgan fingerprint density at radius 3 is 2.31 bits per heavy atom. The fourth-order valence-electron chi connectivity index (χ4n) is 3.96. The van der Waals surface area contributed by atoms with Gasteiger partial charge in [0.1, 0.15) is 11.4 Å². The van der Waals surface area contributed by atoms with E-state index in [-0.39, 0.29) is 0 Å². The molecule has 0 unspecified atom stereocenters. The molecule has 142 valence electrons. The second kappa shape index (κ2) is 8.58. The highest BCUT2D eigenvalue weighted by atomic mass is 16.1. The Morgan fingerprint density at radius 2 is 1.81 bits per heavy atom. The first-order valence-electron chi connectivity index (χ1n) is 9.81.